The largest absolute Gasteiger partial charge is 0.310 e. The lowest BCUT2D eigenvalue weighted by Gasteiger charge is -2.12. The van der Waals surface area contributed by atoms with Gasteiger partial charge in [-0.05, 0) is 48.6 Å². The Morgan fingerprint density at radius 2 is 2.50 bits per heavy atom. The van der Waals surface area contributed by atoms with E-state index in [1.165, 1.54) is 18.4 Å². The van der Waals surface area contributed by atoms with Crippen LogP contribution in [0.4, 0.5) is 0 Å². The monoisotopic (exact) mass is 209 g/mol. The molecule has 0 amide bonds. The third-order valence-corrected chi connectivity index (χ3v) is 3.01. The highest BCUT2D eigenvalue weighted by Gasteiger charge is 2.00. The molecule has 0 spiro atoms. The van der Waals surface area contributed by atoms with Crippen molar-refractivity contribution in [2.45, 2.75) is 38.8 Å². The van der Waals surface area contributed by atoms with Gasteiger partial charge in [-0.3, -0.25) is 0 Å². The third-order valence-electron chi connectivity index (χ3n) is 2.28. The first-order valence-electron chi connectivity index (χ1n) is 5.18. The Kier molecular flexibility index (Phi) is 5.57. The summed E-state index contributed by atoms with van der Waals surface area (Å²) in [4.78, 5) is 0. The summed E-state index contributed by atoms with van der Waals surface area (Å²) in [6.07, 6.45) is 5.59. The number of hydrogen-bond acceptors (Lipinski definition) is 2. The molecule has 0 aliphatic carbocycles. The SMILES string of the molecule is C=CCCCC(C)NCc1ccsc1. The molecule has 1 heterocycles. The van der Waals surface area contributed by atoms with Crippen LogP contribution in [0.3, 0.4) is 0 Å². The second-order valence-corrected chi connectivity index (χ2v) is 4.41. The van der Waals surface area contributed by atoms with Crippen molar-refractivity contribution in [3.8, 4) is 0 Å². The molecule has 1 nitrogen and oxygen atoms in total. The van der Waals surface area contributed by atoms with E-state index in [9.17, 15) is 0 Å². The van der Waals surface area contributed by atoms with Crippen LogP contribution < -0.4 is 5.32 Å². The summed E-state index contributed by atoms with van der Waals surface area (Å²) in [5.41, 5.74) is 1.39. The number of hydrogen-bond donors (Lipinski definition) is 1. The predicted octanol–water partition coefficient (Wildman–Crippen LogP) is 3.58. The van der Waals surface area contributed by atoms with E-state index in [-0.39, 0.29) is 0 Å². The van der Waals surface area contributed by atoms with E-state index in [0.29, 0.717) is 6.04 Å². The zero-order valence-electron chi connectivity index (χ0n) is 8.83. The van der Waals surface area contributed by atoms with Crippen LogP contribution in [0.2, 0.25) is 0 Å². The molecule has 2 heteroatoms. The molecule has 0 saturated carbocycles. The predicted molar refractivity (Wildman–Crippen MR) is 64.7 cm³/mol. The zero-order valence-corrected chi connectivity index (χ0v) is 9.65. The molecule has 1 rings (SSSR count). The topological polar surface area (TPSA) is 12.0 Å². The van der Waals surface area contributed by atoms with Gasteiger partial charge in [0, 0.05) is 12.6 Å². The number of nitrogens with one attached hydrogen (secondary N) is 1. The molecule has 0 radical (unpaired) electrons. The molecule has 14 heavy (non-hydrogen) atoms. The fourth-order valence-corrected chi connectivity index (χ4v) is 2.02. The van der Waals surface area contributed by atoms with Crippen molar-refractivity contribution in [1.29, 1.82) is 0 Å². The Labute approximate surface area is 90.9 Å². The van der Waals surface area contributed by atoms with Crippen LogP contribution in [0.1, 0.15) is 31.7 Å². The molecule has 1 aromatic rings. The average Bonchev–Trinajstić information content (AvgIpc) is 2.68. The van der Waals surface area contributed by atoms with Crippen molar-refractivity contribution < 1.29 is 0 Å². The Morgan fingerprint density at radius 1 is 1.64 bits per heavy atom. The second kappa shape index (κ2) is 6.80. The van der Waals surface area contributed by atoms with Gasteiger partial charge in [-0.2, -0.15) is 11.3 Å². The standard InChI is InChI=1S/C12H19NS/c1-3-4-5-6-11(2)13-9-12-7-8-14-10-12/h3,7-8,10-11,13H,1,4-6,9H2,2H3. The maximum Gasteiger partial charge on any atom is 0.0216 e. The van der Waals surface area contributed by atoms with Gasteiger partial charge >= 0.3 is 0 Å². The highest BCUT2D eigenvalue weighted by molar-refractivity contribution is 7.07. The van der Waals surface area contributed by atoms with Crippen LogP contribution in [0.5, 0.6) is 0 Å². The molecular weight excluding hydrogens is 190 g/mol. The van der Waals surface area contributed by atoms with Gasteiger partial charge in [0.1, 0.15) is 0 Å². The molecule has 0 aliphatic heterocycles. The number of rotatable bonds is 7. The zero-order chi connectivity index (χ0) is 10.2. The van der Waals surface area contributed by atoms with E-state index >= 15 is 0 Å². The number of allylic oxidation sites excluding steroid dienone is 1. The van der Waals surface area contributed by atoms with E-state index in [1.807, 2.05) is 6.08 Å². The Balaban J connectivity index is 2.08. The summed E-state index contributed by atoms with van der Waals surface area (Å²) in [5, 5.41) is 7.84. The summed E-state index contributed by atoms with van der Waals surface area (Å²) in [7, 11) is 0. The van der Waals surface area contributed by atoms with Crippen molar-refractivity contribution in [2.75, 3.05) is 0 Å². The van der Waals surface area contributed by atoms with Crippen LogP contribution in [0.25, 0.3) is 0 Å². The molecule has 0 aromatic carbocycles. The third kappa shape index (κ3) is 4.58. The van der Waals surface area contributed by atoms with E-state index in [1.54, 1.807) is 11.3 Å². The first kappa shape index (κ1) is 11.5. The van der Waals surface area contributed by atoms with Crippen LogP contribution in [-0.2, 0) is 6.54 Å². The Morgan fingerprint density at radius 3 is 3.14 bits per heavy atom. The van der Waals surface area contributed by atoms with Crippen molar-refractivity contribution >= 4 is 11.3 Å². The first-order valence-corrected chi connectivity index (χ1v) is 6.12. The van der Waals surface area contributed by atoms with Gasteiger partial charge in [0.15, 0.2) is 0 Å². The van der Waals surface area contributed by atoms with Crippen LogP contribution in [0.15, 0.2) is 29.5 Å². The number of thiophene rings is 1. The minimum atomic E-state index is 0.606. The molecule has 1 aromatic heterocycles. The van der Waals surface area contributed by atoms with Gasteiger partial charge < -0.3 is 5.32 Å². The second-order valence-electron chi connectivity index (χ2n) is 3.63. The van der Waals surface area contributed by atoms with E-state index in [4.69, 9.17) is 0 Å². The van der Waals surface area contributed by atoms with Crippen LogP contribution in [-0.4, -0.2) is 6.04 Å². The van der Waals surface area contributed by atoms with Gasteiger partial charge in [0.05, 0.1) is 0 Å². The molecule has 78 valence electrons. The lowest BCUT2D eigenvalue weighted by atomic mass is 10.1. The lowest BCUT2D eigenvalue weighted by molar-refractivity contribution is 0.500. The Bertz CT molecular complexity index is 241. The summed E-state index contributed by atoms with van der Waals surface area (Å²) in [6.45, 7) is 6.97. The molecular formula is C12H19NS. The van der Waals surface area contributed by atoms with Gasteiger partial charge in [0.25, 0.3) is 0 Å². The lowest BCUT2D eigenvalue weighted by Crippen LogP contribution is -2.24. The van der Waals surface area contributed by atoms with Crippen molar-refractivity contribution in [3.05, 3.63) is 35.0 Å². The molecule has 0 fully saturated rings. The van der Waals surface area contributed by atoms with Gasteiger partial charge in [-0.15, -0.1) is 6.58 Å². The summed E-state index contributed by atoms with van der Waals surface area (Å²) in [6, 6.07) is 2.78. The van der Waals surface area contributed by atoms with Gasteiger partial charge in [-0.25, -0.2) is 0 Å². The maximum atomic E-state index is 3.73. The molecule has 0 aliphatic rings. The normalized spacial score (nSPS) is 12.6. The van der Waals surface area contributed by atoms with E-state index < -0.39 is 0 Å². The smallest absolute Gasteiger partial charge is 0.0216 e. The number of unbranched alkanes of at least 4 members (excludes halogenated alkanes) is 1. The van der Waals surface area contributed by atoms with E-state index in [0.717, 1.165) is 13.0 Å². The Hall–Kier alpha value is -0.600. The van der Waals surface area contributed by atoms with Gasteiger partial charge in [0.2, 0.25) is 0 Å². The molecule has 0 bridgehead atoms. The van der Waals surface area contributed by atoms with Crippen LogP contribution in [0, 0.1) is 0 Å². The maximum absolute atomic E-state index is 3.73. The average molecular weight is 209 g/mol. The van der Waals surface area contributed by atoms with Gasteiger partial charge in [-0.1, -0.05) is 6.08 Å². The van der Waals surface area contributed by atoms with Crippen LogP contribution >= 0.6 is 11.3 Å². The minimum Gasteiger partial charge on any atom is -0.310 e. The molecule has 1 unspecified atom stereocenters. The van der Waals surface area contributed by atoms with Crippen molar-refractivity contribution in [3.63, 3.8) is 0 Å². The summed E-state index contributed by atoms with van der Waals surface area (Å²) < 4.78 is 0. The molecule has 1 N–H and O–H groups in total. The highest BCUT2D eigenvalue weighted by atomic mass is 32.1. The summed E-state index contributed by atoms with van der Waals surface area (Å²) in [5.74, 6) is 0. The fourth-order valence-electron chi connectivity index (χ4n) is 1.36. The van der Waals surface area contributed by atoms with Crippen molar-refractivity contribution in [1.82, 2.24) is 5.32 Å². The fraction of sp³-hybridized carbons (Fsp3) is 0.500. The molecule has 1 atom stereocenters. The summed E-state index contributed by atoms with van der Waals surface area (Å²) >= 11 is 1.76. The first-order chi connectivity index (χ1) is 6.83. The highest BCUT2D eigenvalue weighted by Crippen LogP contribution is 2.07. The molecule has 0 saturated heterocycles. The minimum absolute atomic E-state index is 0.606. The quantitative estimate of drug-likeness (QED) is 0.534. The van der Waals surface area contributed by atoms with Crippen molar-refractivity contribution in [2.24, 2.45) is 0 Å². The van der Waals surface area contributed by atoms with E-state index in [2.05, 4.69) is 35.6 Å².